The first-order chi connectivity index (χ1) is 12.8. The molecule has 0 fully saturated rings. The number of benzene rings is 2. The van der Waals surface area contributed by atoms with Crippen LogP contribution in [0.5, 0.6) is 0 Å². The Morgan fingerprint density at radius 2 is 1.52 bits per heavy atom. The summed E-state index contributed by atoms with van der Waals surface area (Å²) >= 11 is 0. The smallest absolute Gasteiger partial charge is 0.141 e. The molecule has 27 heavy (non-hydrogen) atoms. The molecule has 0 atom stereocenters. The summed E-state index contributed by atoms with van der Waals surface area (Å²) in [7, 11) is 0. The average Bonchev–Trinajstić information content (AvgIpc) is 3.13. The van der Waals surface area contributed by atoms with E-state index < -0.39 is 0 Å². The second kappa shape index (κ2) is 6.27. The highest BCUT2D eigenvalue weighted by atomic mass is 15.4. The van der Waals surface area contributed by atoms with Crippen LogP contribution in [-0.4, -0.2) is 22.7 Å². The second-order valence-corrected chi connectivity index (χ2v) is 8.11. The Balaban J connectivity index is 1.73. The van der Waals surface area contributed by atoms with Gasteiger partial charge in [0.05, 0.1) is 11.8 Å². The fraction of sp³-hybridized carbons (Fsp3) is 0.273. The van der Waals surface area contributed by atoms with E-state index in [9.17, 15) is 0 Å². The van der Waals surface area contributed by atoms with Gasteiger partial charge in [0.1, 0.15) is 18.3 Å². The number of nitrogens with zero attached hydrogens (tertiary/aromatic N) is 3. The lowest BCUT2D eigenvalue weighted by Crippen LogP contribution is -2.44. The Kier molecular flexibility index (Phi) is 4.02. The van der Waals surface area contributed by atoms with Gasteiger partial charge in [-0.3, -0.25) is 10.5 Å². The van der Waals surface area contributed by atoms with E-state index in [1.54, 1.807) is 6.20 Å². The van der Waals surface area contributed by atoms with Crippen LogP contribution in [0, 0.1) is 12.3 Å². The largest absolute Gasteiger partial charge is 0.308 e. The van der Waals surface area contributed by atoms with Crippen LogP contribution in [0.25, 0.3) is 0 Å². The molecule has 138 valence electrons. The zero-order chi connectivity index (χ0) is 19.2. The number of H-pyrrole nitrogens is 1. The molecule has 1 aliphatic rings. The molecular formula is C22H25N5. The molecule has 0 bridgehead atoms. The van der Waals surface area contributed by atoms with Crippen molar-refractivity contribution in [2.24, 2.45) is 0 Å². The van der Waals surface area contributed by atoms with Gasteiger partial charge in [-0.05, 0) is 42.2 Å². The minimum atomic E-state index is 0.121. The zero-order valence-electron chi connectivity index (χ0n) is 16.2. The van der Waals surface area contributed by atoms with Crippen molar-refractivity contribution in [1.29, 1.82) is 5.41 Å². The quantitative estimate of drug-likeness (QED) is 0.680. The predicted octanol–water partition coefficient (Wildman–Crippen LogP) is 4.96. The maximum absolute atomic E-state index is 8.64. The number of aryl methyl sites for hydroxylation is 1. The zero-order valence-corrected chi connectivity index (χ0v) is 16.2. The highest BCUT2D eigenvalue weighted by Crippen LogP contribution is 2.35. The Labute approximate surface area is 160 Å². The van der Waals surface area contributed by atoms with Gasteiger partial charge in [-0.1, -0.05) is 50.6 Å². The molecule has 0 saturated heterocycles. The van der Waals surface area contributed by atoms with Crippen LogP contribution in [0.4, 0.5) is 17.2 Å². The lowest BCUT2D eigenvalue weighted by atomic mass is 9.87. The van der Waals surface area contributed by atoms with E-state index in [2.05, 4.69) is 91.3 Å². The molecule has 0 unspecified atom stereocenters. The Bertz CT molecular complexity index is 961. The van der Waals surface area contributed by atoms with Crippen LogP contribution < -0.4 is 9.80 Å². The number of fused-ring (bicyclic) bond motifs is 1. The molecule has 0 amide bonds. The number of rotatable bonds is 2. The lowest BCUT2D eigenvalue weighted by Gasteiger charge is -2.37. The fourth-order valence-electron chi connectivity index (χ4n) is 3.37. The van der Waals surface area contributed by atoms with Crippen molar-refractivity contribution in [3.63, 3.8) is 0 Å². The number of hydrogen-bond donors (Lipinski definition) is 2. The highest BCUT2D eigenvalue weighted by molar-refractivity contribution is 6.13. The lowest BCUT2D eigenvalue weighted by molar-refractivity contribution is 0.590. The van der Waals surface area contributed by atoms with E-state index in [0.29, 0.717) is 12.5 Å². The maximum Gasteiger partial charge on any atom is 0.141 e. The van der Waals surface area contributed by atoms with Crippen LogP contribution in [-0.2, 0) is 5.41 Å². The Hall–Kier alpha value is -3.08. The summed E-state index contributed by atoms with van der Waals surface area (Å²) in [5.41, 5.74) is 5.53. The van der Waals surface area contributed by atoms with Gasteiger partial charge in [-0.25, -0.2) is 0 Å². The van der Waals surface area contributed by atoms with Crippen LogP contribution in [0.2, 0.25) is 0 Å². The standard InChI is InChI=1S/C22H25N5/c1-15-5-9-17(10-6-15)26-14-27(21-19(20(26)23)13-24-25-21)18-11-7-16(8-12-18)22(2,3)4/h5-13,23H,14H2,1-4H3,(H,24,25). The molecule has 2 N–H and O–H groups in total. The molecule has 4 rings (SSSR count). The molecule has 0 spiro atoms. The molecule has 2 heterocycles. The summed E-state index contributed by atoms with van der Waals surface area (Å²) in [4.78, 5) is 4.18. The van der Waals surface area contributed by atoms with E-state index >= 15 is 0 Å². The van der Waals surface area contributed by atoms with Crippen molar-refractivity contribution < 1.29 is 0 Å². The van der Waals surface area contributed by atoms with Gasteiger partial charge in [-0.2, -0.15) is 5.10 Å². The number of aromatic amines is 1. The third-order valence-corrected chi connectivity index (χ3v) is 5.09. The summed E-state index contributed by atoms with van der Waals surface area (Å²) < 4.78 is 0. The van der Waals surface area contributed by atoms with E-state index in [0.717, 1.165) is 22.8 Å². The molecule has 0 radical (unpaired) electrons. The fourth-order valence-corrected chi connectivity index (χ4v) is 3.37. The van der Waals surface area contributed by atoms with Gasteiger partial charge >= 0.3 is 0 Å². The van der Waals surface area contributed by atoms with Gasteiger partial charge in [-0.15, -0.1) is 0 Å². The van der Waals surface area contributed by atoms with Crippen LogP contribution in [0.1, 0.15) is 37.5 Å². The third kappa shape index (κ3) is 3.10. The minimum Gasteiger partial charge on any atom is -0.308 e. The molecule has 0 saturated carbocycles. The van der Waals surface area contributed by atoms with Gasteiger partial charge in [0, 0.05) is 11.4 Å². The van der Waals surface area contributed by atoms with Crippen LogP contribution in [0.15, 0.2) is 54.7 Å². The molecule has 2 aromatic carbocycles. The average molecular weight is 359 g/mol. The molecule has 1 aliphatic heterocycles. The highest BCUT2D eigenvalue weighted by Gasteiger charge is 2.30. The molecule has 5 nitrogen and oxygen atoms in total. The van der Waals surface area contributed by atoms with Gasteiger partial charge < -0.3 is 9.80 Å². The summed E-state index contributed by atoms with van der Waals surface area (Å²) in [6.07, 6.45) is 1.73. The molecule has 1 aromatic heterocycles. The normalized spacial score (nSPS) is 14.4. The Morgan fingerprint density at radius 3 is 2.15 bits per heavy atom. The van der Waals surface area contributed by atoms with Gasteiger partial charge in [0.15, 0.2) is 0 Å². The van der Waals surface area contributed by atoms with E-state index in [1.165, 1.54) is 11.1 Å². The van der Waals surface area contributed by atoms with Crippen molar-refractivity contribution in [2.75, 3.05) is 16.5 Å². The topological polar surface area (TPSA) is 59.0 Å². The van der Waals surface area contributed by atoms with Crippen molar-refractivity contribution in [1.82, 2.24) is 10.2 Å². The number of anilines is 3. The number of hydrogen-bond acceptors (Lipinski definition) is 3. The second-order valence-electron chi connectivity index (χ2n) is 8.11. The first-order valence-corrected chi connectivity index (χ1v) is 9.19. The molecular weight excluding hydrogens is 334 g/mol. The summed E-state index contributed by atoms with van der Waals surface area (Å²) in [5, 5.41) is 15.9. The SMILES string of the molecule is Cc1ccc(N2CN(c3ccc(C(C)(C)C)cc3)c3[nH]ncc3C2=N)cc1. The number of aromatic nitrogens is 2. The van der Waals surface area contributed by atoms with Crippen LogP contribution in [0.3, 0.4) is 0 Å². The first kappa shape index (κ1) is 17.3. The van der Waals surface area contributed by atoms with E-state index in [4.69, 9.17) is 5.41 Å². The van der Waals surface area contributed by atoms with Crippen molar-refractivity contribution in [2.45, 2.75) is 33.1 Å². The van der Waals surface area contributed by atoms with Crippen molar-refractivity contribution in [3.05, 3.63) is 71.4 Å². The molecule has 5 heteroatoms. The molecule has 0 aliphatic carbocycles. The monoisotopic (exact) mass is 359 g/mol. The van der Waals surface area contributed by atoms with Crippen molar-refractivity contribution >= 4 is 23.0 Å². The summed E-state index contributed by atoms with van der Waals surface area (Å²) in [5.74, 6) is 1.33. The predicted molar refractivity (Wildman–Crippen MR) is 111 cm³/mol. The van der Waals surface area contributed by atoms with Gasteiger partial charge in [0.25, 0.3) is 0 Å². The minimum absolute atomic E-state index is 0.121. The summed E-state index contributed by atoms with van der Waals surface area (Å²) in [6.45, 7) is 9.29. The first-order valence-electron chi connectivity index (χ1n) is 9.19. The number of nitrogens with one attached hydrogen (secondary N) is 2. The maximum atomic E-state index is 8.64. The van der Waals surface area contributed by atoms with Crippen LogP contribution >= 0.6 is 0 Å². The van der Waals surface area contributed by atoms with E-state index in [1.807, 2.05) is 4.90 Å². The third-order valence-electron chi connectivity index (χ3n) is 5.09. The number of amidine groups is 1. The molecule has 3 aromatic rings. The summed E-state index contributed by atoms with van der Waals surface area (Å²) in [6, 6.07) is 16.9. The Morgan fingerprint density at radius 1 is 0.926 bits per heavy atom. The van der Waals surface area contributed by atoms with Crippen molar-refractivity contribution in [3.8, 4) is 0 Å². The van der Waals surface area contributed by atoms with Gasteiger partial charge in [0.2, 0.25) is 0 Å². The van der Waals surface area contributed by atoms with E-state index in [-0.39, 0.29) is 5.41 Å².